The van der Waals surface area contributed by atoms with Crippen molar-refractivity contribution in [2.75, 3.05) is 23.4 Å². The molecule has 4 aromatic rings. The Labute approximate surface area is 213 Å². The number of aryl methyl sites for hydroxylation is 2. The molecule has 0 radical (unpaired) electrons. The molecule has 1 fully saturated rings. The summed E-state index contributed by atoms with van der Waals surface area (Å²) in [6.45, 7) is 4.48. The highest BCUT2D eigenvalue weighted by molar-refractivity contribution is 7.99. The minimum absolute atomic E-state index is 0.318. The lowest BCUT2D eigenvalue weighted by atomic mass is 10.0. The molecule has 7 nitrogen and oxygen atoms in total. The van der Waals surface area contributed by atoms with Crippen LogP contribution in [0.15, 0.2) is 48.7 Å². The summed E-state index contributed by atoms with van der Waals surface area (Å²) in [4.78, 5) is 16.3. The summed E-state index contributed by atoms with van der Waals surface area (Å²) in [5.74, 6) is 2.81. The molecule has 2 aromatic carbocycles. The number of imidazole rings is 1. The average Bonchev–Trinajstić information content (AvgIpc) is 3.26. The first-order valence-electron chi connectivity index (χ1n) is 11.9. The van der Waals surface area contributed by atoms with Gasteiger partial charge in [-0.05, 0) is 79.5 Å². The summed E-state index contributed by atoms with van der Waals surface area (Å²) >= 11 is 2.00. The number of carbonyl (C=O) groups excluding carboxylic acids is 1. The SMILES string of the molecule is Cc1cc(F)cc(Oc2cc(NCC3CCSCC3)c3ncc(-c4ccc(C(N)=O)c(C)c4)n3n2)c1. The molecule has 1 amide bonds. The van der Waals surface area contributed by atoms with E-state index in [1.54, 1.807) is 22.8 Å². The van der Waals surface area contributed by atoms with Gasteiger partial charge in [-0.25, -0.2) is 13.9 Å². The molecule has 0 unspecified atom stereocenters. The number of carbonyl (C=O) groups is 1. The Kier molecular flexibility index (Phi) is 6.82. The Balaban J connectivity index is 1.55. The number of nitrogens with one attached hydrogen (secondary N) is 1. The molecule has 0 atom stereocenters. The lowest BCUT2D eigenvalue weighted by molar-refractivity contribution is 0.0999. The first-order valence-corrected chi connectivity index (χ1v) is 13.1. The van der Waals surface area contributed by atoms with Crippen LogP contribution in [0, 0.1) is 25.6 Å². The number of rotatable bonds is 7. The zero-order valence-corrected chi connectivity index (χ0v) is 21.1. The number of amides is 1. The Morgan fingerprint density at radius 3 is 2.72 bits per heavy atom. The van der Waals surface area contributed by atoms with Gasteiger partial charge < -0.3 is 15.8 Å². The third-order valence-electron chi connectivity index (χ3n) is 6.39. The zero-order chi connectivity index (χ0) is 25.2. The Hall–Kier alpha value is -3.59. The Morgan fingerprint density at radius 1 is 1.19 bits per heavy atom. The van der Waals surface area contributed by atoms with Gasteiger partial charge >= 0.3 is 0 Å². The molecule has 186 valence electrons. The molecule has 0 spiro atoms. The average molecular weight is 506 g/mol. The van der Waals surface area contributed by atoms with Gasteiger partial charge in [0.25, 0.3) is 0 Å². The van der Waals surface area contributed by atoms with Gasteiger partial charge in [-0.2, -0.15) is 11.8 Å². The number of hydrogen-bond donors (Lipinski definition) is 2. The van der Waals surface area contributed by atoms with Crippen LogP contribution in [0.1, 0.15) is 34.3 Å². The van der Waals surface area contributed by atoms with Gasteiger partial charge in [-0.15, -0.1) is 5.10 Å². The highest BCUT2D eigenvalue weighted by Crippen LogP contribution is 2.31. The van der Waals surface area contributed by atoms with Crippen LogP contribution in [0.2, 0.25) is 0 Å². The van der Waals surface area contributed by atoms with Crippen LogP contribution in [-0.2, 0) is 0 Å². The number of halogens is 1. The lowest BCUT2D eigenvalue weighted by Crippen LogP contribution is -2.19. The fourth-order valence-corrected chi connectivity index (χ4v) is 5.71. The number of nitrogens with zero attached hydrogens (tertiary/aromatic N) is 3. The zero-order valence-electron chi connectivity index (χ0n) is 20.3. The molecule has 1 aliphatic heterocycles. The number of benzene rings is 2. The summed E-state index contributed by atoms with van der Waals surface area (Å²) in [5, 5.41) is 8.24. The van der Waals surface area contributed by atoms with Gasteiger partial charge in [0, 0.05) is 29.8 Å². The van der Waals surface area contributed by atoms with Crippen LogP contribution in [0.3, 0.4) is 0 Å². The van der Waals surface area contributed by atoms with E-state index in [1.165, 1.54) is 36.5 Å². The number of aromatic nitrogens is 3. The van der Waals surface area contributed by atoms with Crippen molar-refractivity contribution in [2.45, 2.75) is 26.7 Å². The molecule has 3 heterocycles. The number of primary amides is 1. The molecular formula is C27H28FN5O2S. The van der Waals surface area contributed by atoms with Crippen molar-refractivity contribution in [3.8, 4) is 22.9 Å². The maximum absolute atomic E-state index is 14.0. The Morgan fingerprint density at radius 2 is 2.00 bits per heavy atom. The monoisotopic (exact) mass is 505 g/mol. The molecule has 9 heteroatoms. The van der Waals surface area contributed by atoms with Crippen LogP contribution in [0.4, 0.5) is 10.1 Å². The predicted octanol–water partition coefficient (Wildman–Crippen LogP) is 5.60. The minimum Gasteiger partial charge on any atom is -0.437 e. The molecule has 3 N–H and O–H groups in total. The first kappa shape index (κ1) is 24.1. The van der Waals surface area contributed by atoms with E-state index in [0.29, 0.717) is 28.8 Å². The Bertz CT molecular complexity index is 1410. The first-order chi connectivity index (χ1) is 17.4. The van der Waals surface area contributed by atoms with E-state index in [0.717, 1.165) is 34.6 Å². The van der Waals surface area contributed by atoms with E-state index in [9.17, 15) is 9.18 Å². The molecule has 1 saturated heterocycles. The minimum atomic E-state index is -0.469. The molecule has 0 aliphatic carbocycles. The van der Waals surface area contributed by atoms with Crippen LogP contribution in [0.5, 0.6) is 11.6 Å². The molecule has 5 rings (SSSR count). The molecular weight excluding hydrogens is 477 g/mol. The van der Waals surface area contributed by atoms with E-state index >= 15 is 0 Å². The maximum Gasteiger partial charge on any atom is 0.248 e. The van der Waals surface area contributed by atoms with Crippen molar-refractivity contribution in [3.63, 3.8) is 0 Å². The van der Waals surface area contributed by atoms with Crippen molar-refractivity contribution in [2.24, 2.45) is 11.7 Å². The standard InChI is InChI=1S/C27H28FN5O2S/c1-16-9-20(28)12-21(10-16)35-25-13-23(30-14-18-5-7-36-8-6-18)27-31-15-24(33(27)32-25)19-3-4-22(26(29)34)17(2)11-19/h3-4,9-13,15,18,30H,5-8,14H2,1-2H3,(H2,29,34). The summed E-state index contributed by atoms with van der Waals surface area (Å²) in [7, 11) is 0. The molecule has 1 aliphatic rings. The van der Waals surface area contributed by atoms with Crippen molar-refractivity contribution in [3.05, 3.63) is 71.2 Å². The number of fused-ring (bicyclic) bond motifs is 1. The summed E-state index contributed by atoms with van der Waals surface area (Å²) in [5.41, 5.74) is 10.5. The van der Waals surface area contributed by atoms with Crippen LogP contribution in [-0.4, -0.2) is 38.6 Å². The molecule has 0 saturated carbocycles. The van der Waals surface area contributed by atoms with E-state index < -0.39 is 5.91 Å². The van der Waals surface area contributed by atoms with E-state index in [1.807, 2.05) is 43.8 Å². The second kappa shape index (κ2) is 10.2. The number of thioether (sulfide) groups is 1. The van der Waals surface area contributed by atoms with Gasteiger partial charge in [0.1, 0.15) is 11.6 Å². The summed E-state index contributed by atoms with van der Waals surface area (Å²) in [6.07, 6.45) is 4.10. The van der Waals surface area contributed by atoms with Gasteiger partial charge in [-0.3, -0.25) is 4.79 Å². The fraction of sp³-hybridized carbons (Fsp3) is 0.296. The van der Waals surface area contributed by atoms with Crippen molar-refractivity contribution < 1.29 is 13.9 Å². The van der Waals surface area contributed by atoms with Crippen molar-refractivity contribution in [1.82, 2.24) is 14.6 Å². The third-order valence-corrected chi connectivity index (χ3v) is 7.44. The second-order valence-corrected chi connectivity index (χ2v) is 10.4. The highest BCUT2D eigenvalue weighted by Gasteiger charge is 2.18. The van der Waals surface area contributed by atoms with Crippen molar-refractivity contribution >= 4 is 29.0 Å². The van der Waals surface area contributed by atoms with Crippen LogP contribution >= 0.6 is 11.8 Å². The van der Waals surface area contributed by atoms with Crippen molar-refractivity contribution in [1.29, 1.82) is 0 Å². The van der Waals surface area contributed by atoms with Gasteiger partial charge in [0.15, 0.2) is 5.65 Å². The lowest BCUT2D eigenvalue weighted by Gasteiger charge is -2.22. The maximum atomic E-state index is 14.0. The molecule has 2 aromatic heterocycles. The van der Waals surface area contributed by atoms with Gasteiger partial charge in [-0.1, -0.05) is 6.07 Å². The second-order valence-electron chi connectivity index (χ2n) is 9.17. The third kappa shape index (κ3) is 5.16. The van der Waals surface area contributed by atoms with E-state index in [-0.39, 0.29) is 5.82 Å². The quantitative estimate of drug-likeness (QED) is 0.340. The summed E-state index contributed by atoms with van der Waals surface area (Å²) in [6, 6.07) is 11.8. The largest absolute Gasteiger partial charge is 0.437 e. The highest BCUT2D eigenvalue weighted by atomic mass is 32.2. The van der Waals surface area contributed by atoms with Gasteiger partial charge in [0.2, 0.25) is 11.8 Å². The van der Waals surface area contributed by atoms with Crippen LogP contribution < -0.4 is 15.8 Å². The topological polar surface area (TPSA) is 94.5 Å². The number of anilines is 1. The predicted molar refractivity (Wildman–Crippen MR) is 141 cm³/mol. The summed E-state index contributed by atoms with van der Waals surface area (Å²) < 4.78 is 21.7. The normalized spacial score (nSPS) is 14.2. The number of hydrogen-bond acceptors (Lipinski definition) is 6. The number of ether oxygens (including phenoxy) is 1. The molecule has 0 bridgehead atoms. The van der Waals surface area contributed by atoms with Gasteiger partial charge in [0.05, 0.1) is 17.6 Å². The van der Waals surface area contributed by atoms with E-state index in [4.69, 9.17) is 10.5 Å². The van der Waals surface area contributed by atoms with Crippen LogP contribution in [0.25, 0.3) is 16.9 Å². The fourth-order valence-electron chi connectivity index (χ4n) is 4.51. The molecule has 36 heavy (non-hydrogen) atoms. The number of nitrogens with two attached hydrogens (primary N) is 1. The smallest absolute Gasteiger partial charge is 0.248 e. The van der Waals surface area contributed by atoms with E-state index in [2.05, 4.69) is 15.4 Å².